The van der Waals surface area contributed by atoms with Crippen molar-refractivity contribution in [1.29, 1.82) is 5.26 Å². The van der Waals surface area contributed by atoms with Gasteiger partial charge < -0.3 is 10.5 Å². The van der Waals surface area contributed by atoms with Crippen molar-refractivity contribution in [1.82, 2.24) is 0 Å². The van der Waals surface area contributed by atoms with E-state index in [0.717, 1.165) is 5.56 Å². The standard InChI is InChI=1S/C13H14N2O2/c1-2-17-13(16)11(9-14)12(15)8-10-6-4-3-5-7-10/h3-7H,2,8,15H2,1H3/b12-11-. The Balaban J connectivity index is 2.88. The van der Waals surface area contributed by atoms with Gasteiger partial charge in [0.05, 0.1) is 6.61 Å². The van der Waals surface area contributed by atoms with Gasteiger partial charge in [-0.2, -0.15) is 5.26 Å². The van der Waals surface area contributed by atoms with Gasteiger partial charge in [0.2, 0.25) is 0 Å². The highest BCUT2D eigenvalue weighted by Gasteiger charge is 2.14. The van der Waals surface area contributed by atoms with Crippen LogP contribution in [-0.2, 0) is 16.0 Å². The number of nitrogens with zero attached hydrogens (tertiary/aromatic N) is 1. The number of hydrogen-bond donors (Lipinski definition) is 1. The molecule has 0 fully saturated rings. The van der Waals surface area contributed by atoms with Crippen molar-refractivity contribution < 1.29 is 9.53 Å². The van der Waals surface area contributed by atoms with Crippen LogP contribution in [0.4, 0.5) is 0 Å². The van der Waals surface area contributed by atoms with Crippen molar-refractivity contribution in [2.45, 2.75) is 13.3 Å². The molecule has 0 unspecified atom stereocenters. The maximum atomic E-state index is 11.4. The summed E-state index contributed by atoms with van der Waals surface area (Å²) in [6, 6.07) is 11.2. The zero-order valence-corrected chi connectivity index (χ0v) is 9.64. The van der Waals surface area contributed by atoms with Gasteiger partial charge >= 0.3 is 5.97 Å². The Hall–Kier alpha value is -2.28. The minimum Gasteiger partial charge on any atom is -0.462 e. The number of nitriles is 1. The van der Waals surface area contributed by atoms with E-state index in [0.29, 0.717) is 6.42 Å². The Morgan fingerprint density at radius 1 is 1.41 bits per heavy atom. The molecule has 0 aliphatic carbocycles. The first-order chi connectivity index (χ1) is 8.19. The van der Waals surface area contributed by atoms with E-state index in [9.17, 15) is 4.79 Å². The second kappa shape index (κ2) is 6.33. The highest BCUT2D eigenvalue weighted by Crippen LogP contribution is 2.09. The van der Waals surface area contributed by atoms with Crippen LogP contribution in [0.5, 0.6) is 0 Å². The molecule has 0 aliphatic heterocycles. The number of carbonyl (C=O) groups is 1. The van der Waals surface area contributed by atoms with Crippen LogP contribution in [0.15, 0.2) is 41.6 Å². The van der Waals surface area contributed by atoms with Crippen LogP contribution in [0.25, 0.3) is 0 Å². The van der Waals surface area contributed by atoms with Crippen LogP contribution in [0.1, 0.15) is 12.5 Å². The maximum Gasteiger partial charge on any atom is 0.350 e. The van der Waals surface area contributed by atoms with Gasteiger partial charge in [-0.1, -0.05) is 30.3 Å². The van der Waals surface area contributed by atoms with Crippen LogP contribution in [0, 0.1) is 11.3 Å². The number of allylic oxidation sites excluding steroid dienone is 1. The number of carbonyl (C=O) groups excluding carboxylic acids is 1. The van der Waals surface area contributed by atoms with Gasteiger partial charge in [0.15, 0.2) is 5.57 Å². The van der Waals surface area contributed by atoms with Crippen LogP contribution in [0.2, 0.25) is 0 Å². The lowest BCUT2D eigenvalue weighted by atomic mass is 10.1. The first kappa shape index (κ1) is 12.8. The SMILES string of the molecule is CCOC(=O)/C(C#N)=C(\N)Cc1ccccc1. The first-order valence-electron chi connectivity index (χ1n) is 5.28. The van der Waals surface area contributed by atoms with Crippen molar-refractivity contribution in [3.8, 4) is 6.07 Å². The predicted molar refractivity (Wildman–Crippen MR) is 63.6 cm³/mol. The lowest BCUT2D eigenvalue weighted by Crippen LogP contribution is -2.14. The normalized spacial score (nSPS) is 11.3. The number of nitrogens with two attached hydrogens (primary N) is 1. The summed E-state index contributed by atoms with van der Waals surface area (Å²) < 4.78 is 4.75. The van der Waals surface area contributed by atoms with E-state index in [1.807, 2.05) is 30.3 Å². The zero-order chi connectivity index (χ0) is 12.7. The summed E-state index contributed by atoms with van der Waals surface area (Å²) >= 11 is 0. The Kier molecular flexibility index (Phi) is 4.77. The highest BCUT2D eigenvalue weighted by molar-refractivity contribution is 5.93. The number of esters is 1. The largest absolute Gasteiger partial charge is 0.462 e. The highest BCUT2D eigenvalue weighted by atomic mass is 16.5. The molecule has 0 spiro atoms. The molecule has 4 heteroatoms. The molecule has 4 nitrogen and oxygen atoms in total. The van der Waals surface area contributed by atoms with Crippen molar-refractivity contribution >= 4 is 5.97 Å². The van der Waals surface area contributed by atoms with Gasteiger partial charge in [0.1, 0.15) is 6.07 Å². The summed E-state index contributed by atoms with van der Waals surface area (Å²) in [7, 11) is 0. The zero-order valence-electron chi connectivity index (χ0n) is 9.64. The van der Waals surface area contributed by atoms with Gasteiger partial charge in [-0.3, -0.25) is 0 Å². The van der Waals surface area contributed by atoms with Gasteiger partial charge in [-0.15, -0.1) is 0 Å². The molecule has 0 aromatic heterocycles. The molecule has 1 aromatic rings. The van der Waals surface area contributed by atoms with Crippen molar-refractivity contribution in [3.05, 3.63) is 47.2 Å². The monoisotopic (exact) mass is 230 g/mol. The van der Waals surface area contributed by atoms with E-state index in [-0.39, 0.29) is 17.9 Å². The average Bonchev–Trinajstić information content (AvgIpc) is 2.31. The Labute approximate surface area is 100 Å². The third-order valence-corrected chi connectivity index (χ3v) is 2.15. The van der Waals surface area contributed by atoms with Crippen molar-refractivity contribution in [2.24, 2.45) is 5.73 Å². The summed E-state index contributed by atoms with van der Waals surface area (Å²) in [6.07, 6.45) is 0.364. The van der Waals surface area contributed by atoms with Crippen molar-refractivity contribution in [3.63, 3.8) is 0 Å². The molecule has 88 valence electrons. The molecule has 0 heterocycles. The molecular weight excluding hydrogens is 216 g/mol. The number of benzene rings is 1. The topological polar surface area (TPSA) is 76.1 Å². The van der Waals surface area contributed by atoms with Crippen LogP contribution >= 0.6 is 0 Å². The van der Waals surface area contributed by atoms with Gasteiger partial charge in [-0.25, -0.2) is 4.79 Å². The quantitative estimate of drug-likeness (QED) is 0.483. The molecule has 0 bridgehead atoms. The average molecular weight is 230 g/mol. The number of ether oxygens (including phenoxy) is 1. The third kappa shape index (κ3) is 3.65. The summed E-state index contributed by atoms with van der Waals surface area (Å²) in [4.78, 5) is 11.4. The van der Waals surface area contributed by atoms with Crippen LogP contribution < -0.4 is 5.73 Å². The summed E-state index contributed by atoms with van der Waals surface area (Å²) in [5.41, 5.74) is 6.81. The fourth-order valence-electron chi connectivity index (χ4n) is 1.36. The second-order valence-corrected chi connectivity index (χ2v) is 3.39. The Morgan fingerprint density at radius 2 is 2.06 bits per heavy atom. The lowest BCUT2D eigenvalue weighted by Gasteiger charge is -2.05. The Bertz CT molecular complexity index is 458. The predicted octanol–water partition coefficient (Wildman–Crippen LogP) is 1.53. The molecule has 0 atom stereocenters. The molecule has 0 amide bonds. The molecule has 0 saturated carbocycles. The smallest absolute Gasteiger partial charge is 0.350 e. The molecular formula is C13H14N2O2. The molecule has 0 saturated heterocycles. The molecule has 2 N–H and O–H groups in total. The molecule has 1 aromatic carbocycles. The lowest BCUT2D eigenvalue weighted by molar-refractivity contribution is -0.138. The van der Waals surface area contributed by atoms with E-state index in [1.54, 1.807) is 13.0 Å². The van der Waals surface area contributed by atoms with E-state index in [4.69, 9.17) is 15.7 Å². The summed E-state index contributed by atoms with van der Waals surface area (Å²) in [5.74, 6) is -0.663. The molecule has 0 aliphatic rings. The minimum atomic E-state index is -0.663. The minimum absolute atomic E-state index is 0.115. The molecule has 0 radical (unpaired) electrons. The van der Waals surface area contributed by atoms with Crippen LogP contribution in [0.3, 0.4) is 0 Å². The van der Waals surface area contributed by atoms with E-state index in [1.165, 1.54) is 0 Å². The molecule has 17 heavy (non-hydrogen) atoms. The van der Waals surface area contributed by atoms with Crippen molar-refractivity contribution in [2.75, 3.05) is 6.61 Å². The Morgan fingerprint density at radius 3 is 2.59 bits per heavy atom. The number of rotatable bonds is 4. The summed E-state index contributed by atoms with van der Waals surface area (Å²) in [6.45, 7) is 1.91. The van der Waals surface area contributed by atoms with E-state index >= 15 is 0 Å². The molecule has 1 rings (SSSR count). The van der Waals surface area contributed by atoms with E-state index in [2.05, 4.69) is 0 Å². The summed E-state index contributed by atoms with van der Waals surface area (Å²) in [5, 5.41) is 8.88. The van der Waals surface area contributed by atoms with Gasteiger partial charge in [-0.05, 0) is 12.5 Å². The van der Waals surface area contributed by atoms with Crippen LogP contribution in [-0.4, -0.2) is 12.6 Å². The maximum absolute atomic E-state index is 11.4. The van der Waals surface area contributed by atoms with Gasteiger partial charge in [0.25, 0.3) is 0 Å². The fourth-order valence-corrected chi connectivity index (χ4v) is 1.36. The van der Waals surface area contributed by atoms with Gasteiger partial charge in [0, 0.05) is 12.1 Å². The van der Waals surface area contributed by atoms with E-state index < -0.39 is 5.97 Å². The third-order valence-electron chi connectivity index (χ3n) is 2.15. The number of hydrogen-bond acceptors (Lipinski definition) is 4. The fraction of sp³-hybridized carbons (Fsp3) is 0.231. The second-order valence-electron chi connectivity index (χ2n) is 3.39. The first-order valence-corrected chi connectivity index (χ1v) is 5.28.